The van der Waals surface area contributed by atoms with Gasteiger partial charge in [0.15, 0.2) is 0 Å². The fraction of sp³-hybridized carbons (Fsp3) is 0.324. The van der Waals surface area contributed by atoms with Crippen molar-refractivity contribution in [2.24, 2.45) is 0 Å². The first-order valence-electron chi connectivity index (χ1n) is 29.0. The summed E-state index contributed by atoms with van der Waals surface area (Å²) in [5, 5.41) is 1.42. The van der Waals surface area contributed by atoms with Gasteiger partial charge < -0.3 is 0 Å². The molecule has 0 aromatic heterocycles. The van der Waals surface area contributed by atoms with E-state index in [9.17, 15) is 0 Å². The Morgan fingerprint density at radius 2 is 0.519 bits per heavy atom. The van der Waals surface area contributed by atoms with Crippen molar-refractivity contribution in [3.05, 3.63) is 283 Å². The van der Waals surface area contributed by atoms with Crippen LogP contribution in [0.3, 0.4) is 0 Å². The van der Waals surface area contributed by atoms with Crippen LogP contribution in [-0.2, 0) is 47.8 Å². The lowest BCUT2D eigenvalue weighted by Crippen LogP contribution is -2.42. The van der Waals surface area contributed by atoms with Gasteiger partial charge in [0, 0.05) is 10.0 Å². The summed E-state index contributed by atoms with van der Waals surface area (Å²) in [5.74, 6) is 1.82. The molecule has 0 spiro atoms. The average Bonchev–Trinajstić information content (AvgIpc) is 2.87. The van der Waals surface area contributed by atoms with Crippen LogP contribution in [-0.4, -0.2) is 31.5 Å². The van der Waals surface area contributed by atoms with E-state index in [1.165, 1.54) is 55.6 Å². The Labute approximate surface area is 494 Å². The van der Waals surface area contributed by atoms with E-state index < -0.39 is 0 Å². The fourth-order valence-electron chi connectivity index (χ4n) is 11.8. The lowest BCUT2D eigenvalue weighted by atomic mass is 9.79. The van der Waals surface area contributed by atoms with Crippen molar-refractivity contribution in [3.63, 3.8) is 0 Å². The zero-order chi connectivity index (χ0) is 57.4. The van der Waals surface area contributed by atoms with Crippen LogP contribution in [0.2, 0.25) is 10.0 Å². The molecule has 2 fully saturated rings. The second-order valence-electron chi connectivity index (χ2n) is 26.7. The molecule has 8 aromatic carbocycles. The van der Waals surface area contributed by atoms with Gasteiger partial charge in [0.05, 0.1) is 26.2 Å². The molecule has 2 aliphatic rings. The molecular weight excluding hydrogens is 1030 g/mol. The topological polar surface area (TPSA) is 27.1 Å². The van der Waals surface area contributed by atoms with Gasteiger partial charge in [0.2, 0.25) is 0 Å². The molecule has 0 amide bonds. The Bertz CT molecular complexity index is 3200. The minimum Gasteiger partial charge on any atom is -0.268 e. The molecule has 0 radical (unpaired) electrons. The quantitative estimate of drug-likeness (QED) is 0.114. The zero-order valence-corrected chi connectivity index (χ0v) is 51.3. The van der Waals surface area contributed by atoms with Crippen molar-refractivity contribution >= 4 is 35.1 Å². The summed E-state index contributed by atoms with van der Waals surface area (Å²) in [6.45, 7) is 30.5. The summed E-state index contributed by atoms with van der Waals surface area (Å²) in [6.07, 6.45) is 0. The molecule has 0 N–H and O–H groups in total. The molecule has 0 aliphatic carbocycles. The molecule has 7 heteroatoms. The van der Waals surface area contributed by atoms with E-state index in [1.807, 2.05) is 24.3 Å². The third kappa shape index (κ3) is 12.9. The molecule has 0 unspecified atom stereocenters. The Morgan fingerprint density at radius 3 is 0.741 bits per heavy atom. The molecule has 0 bridgehead atoms. The van der Waals surface area contributed by atoms with Gasteiger partial charge in [-0.3, -0.25) is 19.6 Å². The maximum Gasteiger partial charge on any atom is 0.375 e. The van der Waals surface area contributed by atoms with Gasteiger partial charge in [-0.25, -0.2) is 4.67 Å². The fourth-order valence-corrected chi connectivity index (χ4v) is 12.1. The van der Waals surface area contributed by atoms with Crippen LogP contribution in [0.5, 0.6) is 0 Å². The predicted molar refractivity (Wildman–Crippen MR) is 342 cm³/mol. The van der Waals surface area contributed by atoms with Crippen molar-refractivity contribution in [3.8, 4) is 0 Å². The molecular formula is C74H82Cl2N5+. The Kier molecular flexibility index (Phi) is 16.3. The SMILES string of the molecule is CC(C)(C)c1cc(CN2C(=[N+]=C3N(Cc4ccc(Cl)cc4)[C@@H](c4ccccc4)[C@H](c4ccccc4)N3Cc3ccc(Cl)cc3)N(Cc3cc(C(C)(C)C)cc(C(C)(C)C)c3)[C@@H](c3ccccc3)[C@@H]2c2ccccc2)cc(C(C)(C)C)c1. The molecule has 416 valence electrons. The lowest BCUT2D eigenvalue weighted by Gasteiger charge is -2.29. The third-order valence-corrected chi connectivity index (χ3v) is 16.9. The summed E-state index contributed by atoms with van der Waals surface area (Å²) in [5.41, 5.74) is 14.7. The number of guanidine groups is 2. The minimum atomic E-state index is -0.150. The number of benzene rings is 8. The van der Waals surface area contributed by atoms with Gasteiger partial charge in [-0.2, -0.15) is 0 Å². The molecule has 4 atom stereocenters. The van der Waals surface area contributed by atoms with Crippen LogP contribution in [0.4, 0.5) is 0 Å². The Hall–Kier alpha value is -7.01. The van der Waals surface area contributed by atoms with E-state index in [-0.39, 0.29) is 45.8 Å². The van der Waals surface area contributed by atoms with Crippen molar-refractivity contribution < 1.29 is 0 Å². The molecule has 2 aliphatic heterocycles. The van der Waals surface area contributed by atoms with E-state index in [2.05, 4.69) is 285 Å². The molecule has 5 nitrogen and oxygen atoms in total. The van der Waals surface area contributed by atoms with Gasteiger partial charge in [0.1, 0.15) is 24.2 Å². The average molecular weight is 1110 g/mol. The second-order valence-corrected chi connectivity index (χ2v) is 27.6. The van der Waals surface area contributed by atoms with Gasteiger partial charge in [0.25, 0.3) is 0 Å². The third-order valence-electron chi connectivity index (χ3n) is 16.4. The van der Waals surface area contributed by atoms with E-state index >= 15 is 0 Å². The first-order chi connectivity index (χ1) is 38.5. The Morgan fingerprint density at radius 1 is 0.296 bits per heavy atom. The molecule has 2 heterocycles. The number of hydrogen-bond donors (Lipinski definition) is 0. The number of rotatable bonds is 12. The van der Waals surface area contributed by atoms with Crippen molar-refractivity contribution in [1.29, 1.82) is 0 Å². The van der Waals surface area contributed by atoms with Crippen molar-refractivity contribution in [2.45, 2.75) is 155 Å². The standard InChI is InChI=1S/C74H82Cl2N5/c1-71(2,3)59-41-53(42-60(45-59)72(4,5)6)49-80-67(57-29-21-15-22-30-57)68(58-31-23-16-24-32-58)81(50-54-43-61(73(7,8)9)46-62(44-54)74(10,11)12)70(80)77-69-78(47-51-33-37-63(75)38-34-51)65(55-25-17-13-18-26-55)66(56-27-19-14-20-28-56)79(69)48-52-35-39-64(76)40-36-52/h13-46,65-68H,47-50H2,1-12H3/q+1/t65-,66-,67-,68-/m0/s1. The smallest absolute Gasteiger partial charge is 0.268 e. The summed E-state index contributed by atoms with van der Waals surface area (Å²) < 4.78 is 6.49. The largest absolute Gasteiger partial charge is 0.375 e. The number of hydrogen-bond acceptors (Lipinski definition) is 0. The summed E-state index contributed by atoms with van der Waals surface area (Å²) >= 11 is 13.4. The highest BCUT2D eigenvalue weighted by Gasteiger charge is 2.54. The summed E-state index contributed by atoms with van der Waals surface area (Å²) in [7, 11) is 0. The molecule has 81 heavy (non-hydrogen) atoms. The summed E-state index contributed by atoms with van der Waals surface area (Å²) in [4.78, 5) is 10.5. The van der Waals surface area contributed by atoms with Gasteiger partial charge in [-0.1, -0.05) is 288 Å². The summed E-state index contributed by atoms with van der Waals surface area (Å²) in [6, 6.07) is 75.5. The first-order valence-corrected chi connectivity index (χ1v) is 29.8. The molecule has 0 saturated carbocycles. The van der Waals surface area contributed by atoms with Crippen LogP contribution in [0.1, 0.15) is 174 Å². The van der Waals surface area contributed by atoms with Gasteiger partial charge in [-0.15, -0.1) is 0 Å². The number of nitrogens with zero attached hydrogens (tertiary/aromatic N) is 5. The Balaban J connectivity index is 1.36. The minimum absolute atomic E-state index is 0.0822. The highest BCUT2D eigenvalue weighted by Crippen LogP contribution is 2.49. The van der Waals surface area contributed by atoms with E-state index in [0.29, 0.717) is 36.2 Å². The maximum atomic E-state index is 6.69. The van der Waals surface area contributed by atoms with Gasteiger partial charge >= 0.3 is 11.9 Å². The monoisotopic (exact) mass is 1110 g/mol. The first kappa shape index (κ1) is 57.2. The van der Waals surface area contributed by atoms with Crippen LogP contribution in [0, 0.1) is 0 Å². The molecule has 10 rings (SSSR count). The van der Waals surface area contributed by atoms with Gasteiger partial charge in [-0.05, 0) is 113 Å². The van der Waals surface area contributed by atoms with Crippen LogP contribution in [0.25, 0.3) is 0 Å². The van der Waals surface area contributed by atoms with Crippen LogP contribution < -0.4 is 4.67 Å². The van der Waals surface area contributed by atoms with Crippen LogP contribution in [0.15, 0.2) is 206 Å². The normalized spacial score (nSPS) is 18.0. The second kappa shape index (κ2) is 23.1. The molecule has 8 aromatic rings. The lowest BCUT2D eigenvalue weighted by molar-refractivity contribution is 0.263. The van der Waals surface area contributed by atoms with Crippen molar-refractivity contribution in [1.82, 2.24) is 24.3 Å². The maximum absolute atomic E-state index is 6.69. The highest BCUT2D eigenvalue weighted by atomic mass is 35.5. The molecule has 2 saturated heterocycles. The van der Waals surface area contributed by atoms with E-state index in [4.69, 9.17) is 27.9 Å². The van der Waals surface area contributed by atoms with E-state index in [1.54, 1.807) is 0 Å². The number of halogens is 2. The zero-order valence-electron chi connectivity index (χ0n) is 49.8. The highest BCUT2D eigenvalue weighted by molar-refractivity contribution is 6.30. The van der Waals surface area contributed by atoms with E-state index in [0.717, 1.165) is 23.0 Å². The van der Waals surface area contributed by atoms with Crippen LogP contribution >= 0.6 is 23.2 Å². The predicted octanol–water partition coefficient (Wildman–Crippen LogP) is 18.3. The van der Waals surface area contributed by atoms with Crippen molar-refractivity contribution in [2.75, 3.05) is 0 Å².